The molecule has 38 heavy (non-hydrogen) atoms. The van der Waals surface area contributed by atoms with E-state index in [2.05, 4.69) is 137 Å². The fourth-order valence-electron chi connectivity index (χ4n) is 4.11. The monoisotopic (exact) mass is 628 g/mol. The van der Waals surface area contributed by atoms with Gasteiger partial charge in [-0.3, -0.25) is 0 Å². The van der Waals surface area contributed by atoms with Crippen LogP contribution in [-0.2, 0) is 46.9 Å². The van der Waals surface area contributed by atoms with Crippen LogP contribution in [0.2, 0.25) is 0 Å². The van der Waals surface area contributed by atoms with E-state index in [1.807, 2.05) is 0 Å². The van der Waals surface area contributed by atoms with E-state index < -0.39 is 0 Å². The summed E-state index contributed by atoms with van der Waals surface area (Å²) < 4.78 is 1.68. The molecule has 4 rings (SSSR count). The normalized spacial score (nSPS) is 11.9. The van der Waals surface area contributed by atoms with Crippen molar-refractivity contribution >= 4 is 3.21 Å². The Morgan fingerprint density at radius 3 is 1.68 bits per heavy atom. The zero-order chi connectivity index (χ0) is 27.3. The zero-order valence-corrected chi connectivity index (χ0v) is 29.5. The van der Waals surface area contributed by atoms with E-state index >= 15 is 0 Å². The average Bonchev–Trinajstić information content (AvgIpc) is 3.45. The van der Waals surface area contributed by atoms with Crippen molar-refractivity contribution in [3.8, 4) is 11.1 Å². The molecule has 0 aromatic heterocycles. The van der Waals surface area contributed by atoms with E-state index in [1.165, 1.54) is 51.8 Å². The van der Waals surface area contributed by atoms with Crippen LogP contribution in [0.15, 0.2) is 54.6 Å². The number of fused-ring (bicyclic) bond motifs is 3. The van der Waals surface area contributed by atoms with E-state index in [9.17, 15) is 0 Å². The van der Waals surface area contributed by atoms with Crippen molar-refractivity contribution in [1.82, 2.24) is 0 Å². The predicted octanol–water partition coefficient (Wildman–Crippen LogP) is 3.89. The number of benzene rings is 2. The second-order valence-corrected chi connectivity index (χ2v) is 14.8. The van der Waals surface area contributed by atoms with Gasteiger partial charge in [0, 0.05) is 0 Å². The van der Waals surface area contributed by atoms with Gasteiger partial charge < -0.3 is 24.8 Å². The first kappa shape index (κ1) is 37.1. The van der Waals surface area contributed by atoms with Crippen LogP contribution in [0.25, 0.3) is 11.1 Å². The minimum Gasteiger partial charge on any atom is -1.00 e. The molecule has 208 valence electrons. The molecule has 0 bridgehead atoms. The van der Waals surface area contributed by atoms with Crippen molar-refractivity contribution in [2.24, 2.45) is 0 Å². The van der Waals surface area contributed by atoms with Crippen molar-refractivity contribution in [2.75, 3.05) is 0 Å². The minimum atomic E-state index is 0. The minimum absolute atomic E-state index is 0. The summed E-state index contributed by atoms with van der Waals surface area (Å²) in [6.45, 7) is 24.7. The summed E-state index contributed by atoms with van der Waals surface area (Å²) in [5, 5.41) is 0. The molecule has 0 unspecified atom stereocenters. The van der Waals surface area contributed by atoms with Gasteiger partial charge in [0.25, 0.3) is 0 Å². The van der Waals surface area contributed by atoms with Crippen LogP contribution in [0.3, 0.4) is 0 Å². The molecule has 3 heteroatoms. The van der Waals surface area contributed by atoms with Crippen molar-refractivity contribution in [3.05, 3.63) is 88.5 Å². The Bertz CT molecular complexity index is 1070. The van der Waals surface area contributed by atoms with Gasteiger partial charge in [-0.05, 0) is 17.4 Å². The average molecular weight is 631 g/mol. The molecule has 3 aromatic carbocycles. The third-order valence-corrected chi connectivity index (χ3v) is 8.65. The third-order valence-electron chi connectivity index (χ3n) is 6.91. The molecule has 0 amide bonds. The van der Waals surface area contributed by atoms with E-state index in [1.54, 1.807) is 27.4 Å². The predicted molar refractivity (Wildman–Crippen MR) is 157 cm³/mol. The van der Waals surface area contributed by atoms with E-state index in [4.69, 9.17) is 0 Å². The van der Waals surface area contributed by atoms with Gasteiger partial charge in [-0.2, -0.15) is 53.1 Å². The molecule has 1 aliphatic rings. The standard InChI is InChI=1S/C21H25.C9H13.C5H10.2ClH.Zr/c1-20(2,3)16-9-7-14-11-15-8-10-17(21(4,5)6)13-19(15)18(14)12-16;1-9(2,3)8-6-4-5-7-8;1-3-5-4-2;;;/h7,9-10,12-13H,11H2,1-6H3;4-7H,1-3H3;3-4H2,1-2H3;2*1H;/q2*-1;;;;+2/p-2. The summed E-state index contributed by atoms with van der Waals surface area (Å²) in [5.74, 6) is 0. The van der Waals surface area contributed by atoms with Crippen LogP contribution in [0, 0.1) is 6.07 Å². The van der Waals surface area contributed by atoms with Gasteiger partial charge in [-0.15, -0.1) is 5.56 Å². The maximum absolute atomic E-state index is 3.53. The van der Waals surface area contributed by atoms with Crippen LogP contribution >= 0.6 is 0 Å². The molecular formula is C35H48Cl2Zr-2. The van der Waals surface area contributed by atoms with Crippen molar-refractivity contribution in [3.63, 3.8) is 0 Å². The van der Waals surface area contributed by atoms with Crippen molar-refractivity contribution < 1.29 is 49.0 Å². The van der Waals surface area contributed by atoms with Crippen molar-refractivity contribution in [1.29, 1.82) is 0 Å². The Labute approximate surface area is 261 Å². The Morgan fingerprint density at radius 2 is 1.29 bits per heavy atom. The van der Waals surface area contributed by atoms with Gasteiger partial charge in [-0.1, -0.05) is 102 Å². The molecule has 0 atom stereocenters. The van der Waals surface area contributed by atoms with Crippen LogP contribution < -0.4 is 24.8 Å². The van der Waals surface area contributed by atoms with E-state index in [-0.39, 0.29) is 35.6 Å². The zero-order valence-electron chi connectivity index (χ0n) is 25.6. The second-order valence-electron chi connectivity index (χ2n) is 13.1. The van der Waals surface area contributed by atoms with Gasteiger partial charge in [0.05, 0.1) is 0 Å². The van der Waals surface area contributed by atoms with Crippen LogP contribution in [0.4, 0.5) is 0 Å². The molecular weight excluding hydrogens is 583 g/mol. The molecule has 1 aliphatic carbocycles. The molecule has 0 saturated carbocycles. The third kappa shape index (κ3) is 10.6. The van der Waals surface area contributed by atoms with E-state index in [0.717, 1.165) is 6.42 Å². The van der Waals surface area contributed by atoms with Crippen LogP contribution in [-0.4, -0.2) is 3.21 Å². The van der Waals surface area contributed by atoms with Crippen molar-refractivity contribution in [2.45, 2.75) is 112 Å². The maximum Gasteiger partial charge on any atom is -1.00 e. The number of rotatable bonds is 2. The summed E-state index contributed by atoms with van der Waals surface area (Å²) in [4.78, 5) is 0. The van der Waals surface area contributed by atoms with Crippen LogP contribution in [0.1, 0.15) is 117 Å². The number of halogens is 2. The summed E-state index contributed by atoms with van der Waals surface area (Å²) in [6.07, 6.45) is 3.60. The molecule has 0 N–H and O–H groups in total. The maximum atomic E-state index is 3.53. The Hall–Kier alpha value is -0.877. The quantitative estimate of drug-likeness (QED) is 0.295. The first-order valence-electron chi connectivity index (χ1n) is 13.5. The summed E-state index contributed by atoms with van der Waals surface area (Å²) >= 11 is 1.62. The molecule has 0 saturated heterocycles. The Kier molecular flexibility index (Phi) is 14.9. The largest absolute Gasteiger partial charge is 1.00 e. The first-order chi connectivity index (χ1) is 16.6. The SMILES string of the molecule is CC(C)(C)c1c[c-]c2c(c1)-c1cc(C(C)(C)C)ccc1C2.CC(C)(C)c1cc[cH-]c1.CC[C](=[Zr+2])CC.[Cl-].[Cl-]. The second kappa shape index (κ2) is 15.2. The summed E-state index contributed by atoms with van der Waals surface area (Å²) in [5.41, 5.74) is 10.5. The molecule has 3 aromatic rings. The van der Waals surface area contributed by atoms with Crippen LogP contribution in [0.5, 0.6) is 0 Å². The van der Waals surface area contributed by atoms with E-state index in [0.29, 0.717) is 5.41 Å². The Morgan fingerprint density at radius 1 is 0.763 bits per heavy atom. The molecule has 0 fully saturated rings. The van der Waals surface area contributed by atoms with Gasteiger partial charge in [0.1, 0.15) is 0 Å². The molecule has 0 spiro atoms. The summed E-state index contributed by atoms with van der Waals surface area (Å²) in [6, 6.07) is 23.6. The van der Waals surface area contributed by atoms with Gasteiger partial charge in [0.15, 0.2) is 0 Å². The topological polar surface area (TPSA) is 0 Å². The first-order valence-corrected chi connectivity index (χ1v) is 14.8. The van der Waals surface area contributed by atoms with Gasteiger partial charge in [-0.25, -0.2) is 6.07 Å². The molecule has 0 heterocycles. The Balaban J connectivity index is 0.000000673. The molecule has 0 nitrogen and oxygen atoms in total. The van der Waals surface area contributed by atoms with Gasteiger partial charge in [0.2, 0.25) is 0 Å². The molecule has 0 radical (unpaired) electrons. The fourth-order valence-corrected chi connectivity index (χ4v) is 4.11. The van der Waals surface area contributed by atoms with Gasteiger partial charge >= 0.3 is 54.1 Å². The summed E-state index contributed by atoms with van der Waals surface area (Å²) in [7, 11) is 0. The smallest absolute Gasteiger partial charge is 1.00 e. The molecule has 0 aliphatic heterocycles. The number of hydrogen-bond acceptors (Lipinski definition) is 0. The fraction of sp³-hybridized carbons (Fsp3) is 0.486. The number of hydrogen-bond donors (Lipinski definition) is 0.